The molecule has 3 rings (SSSR count). The van der Waals surface area contributed by atoms with E-state index in [0.29, 0.717) is 18.1 Å². The summed E-state index contributed by atoms with van der Waals surface area (Å²) in [6.45, 7) is 4.22. The highest BCUT2D eigenvalue weighted by atomic mass is 79.9. The number of amides is 1. The van der Waals surface area contributed by atoms with Gasteiger partial charge in [-0.15, -0.1) is 6.58 Å². The van der Waals surface area contributed by atoms with Crippen LogP contribution in [-0.2, 0) is 11.2 Å². The lowest BCUT2D eigenvalue weighted by atomic mass is 10.0. The van der Waals surface area contributed by atoms with Crippen molar-refractivity contribution in [1.29, 1.82) is 0 Å². The van der Waals surface area contributed by atoms with E-state index in [1.807, 2.05) is 42.5 Å². The molecule has 1 aliphatic heterocycles. The first-order valence-corrected chi connectivity index (χ1v) is 9.52. The van der Waals surface area contributed by atoms with Crippen LogP contribution in [0.2, 0.25) is 0 Å². The molecule has 0 aliphatic carbocycles. The van der Waals surface area contributed by atoms with Crippen molar-refractivity contribution >= 4 is 21.8 Å². The number of fused-ring (bicyclic) bond motifs is 1. The van der Waals surface area contributed by atoms with Gasteiger partial charge in [-0.1, -0.05) is 28.1 Å². The Morgan fingerprint density at radius 1 is 1.33 bits per heavy atom. The highest BCUT2D eigenvalue weighted by Crippen LogP contribution is 2.34. The summed E-state index contributed by atoms with van der Waals surface area (Å²) in [6.07, 6.45) is 3.29. The molecule has 27 heavy (non-hydrogen) atoms. The average molecular weight is 432 g/mol. The minimum absolute atomic E-state index is 0.0855. The Labute approximate surface area is 167 Å². The molecule has 1 aliphatic rings. The lowest BCUT2D eigenvalue weighted by Crippen LogP contribution is -2.35. The molecule has 1 atom stereocenters. The number of allylic oxidation sites excluding steroid dienone is 1. The third kappa shape index (κ3) is 4.83. The van der Waals surface area contributed by atoms with Gasteiger partial charge < -0.3 is 19.5 Å². The number of hydrogen-bond donors (Lipinski definition) is 1. The van der Waals surface area contributed by atoms with Crippen molar-refractivity contribution < 1.29 is 19.0 Å². The fourth-order valence-electron chi connectivity index (χ4n) is 3.02. The van der Waals surface area contributed by atoms with Crippen LogP contribution in [0.4, 0.5) is 0 Å². The summed E-state index contributed by atoms with van der Waals surface area (Å²) in [4.78, 5) is 12.4. The quantitative estimate of drug-likeness (QED) is 0.667. The number of nitrogens with one attached hydrogen (secondary N) is 1. The number of rotatable bonds is 7. The molecule has 0 saturated carbocycles. The zero-order valence-electron chi connectivity index (χ0n) is 15.2. The van der Waals surface area contributed by atoms with Crippen LogP contribution >= 0.6 is 15.9 Å². The van der Waals surface area contributed by atoms with Crippen molar-refractivity contribution in [3.05, 3.63) is 64.7 Å². The Bertz CT molecular complexity index is 837. The number of carbonyl (C=O) groups is 1. The summed E-state index contributed by atoms with van der Waals surface area (Å²) in [7, 11) is 1.58. The standard InChI is InChI=1S/C21H22BrNO4/c1-3-4-14-5-7-19(20(11-14)25-2)27-13-21(24)23-17-9-10-26-18-8-6-15(22)12-16(17)18/h3,5-8,11-12,17H,1,4,9-10,13H2,2H3,(H,23,24). The maximum Gasteiger partial charge on any atom is 0.258 e. The summed E-state index contributed by atoms with van der Waals surface area (Å²) in [5.74, 6) is 1.75. The number of ether oxygens (including phenoxy) is 3. The van der Waals surface area contributed by atoms with E-state index in [0.717, 1.165) is 34.2 Å². The molecule has 0 saturated heterocycles. The molecule has 1 unspecified atom stereocenters. The third-order valence-electron chi connectivity index (χ3n) is 4.31. The Hall–Kier alpha value is -2.47. The number of carbonyl (C=O) groups excluding carboxylic acids is 1. The lowest BCUT2D eigenvalue weighted by molar-refractivity contribution is -0.124. The Morgan fingerprint density at radius 3 is 2.96 bits per heavy atom. The van der Waals surface area contributed by atoms with Gasteiger partial charge in [-0.2, -0.15) is 0 Å². The van der Waals surface area contributed by atoms with Gasteiger partial charge in [0.1, 0.15) is 5.75 Å². The molecule has 5 nitrogen and oxygen atoms in total. The van der Waals surface area contributed by atoms with Crippen LogP contribution in [0.3, 0.4) is 0 Å². The molecule has 0 fully saturated rings. The predicted molar refractivity (Wildman–Crippen MR) is 108 cm³/mol. The third-order valence-corrected chi connectivity index (χ3v) is 4.81. The minimum Gasteiger partial charge on any atom is -0.493 e. The Balaban J connectivity index is 1.63. The average Bonchev–Trinajstić information content (AvgIpc) is 2.67. The van der Waals surface area contributed by atoms with Crippen LogP contribution < -0.4 is 19.5 Å². The van der Waals surface area contributed by atoms with Crippen LogP contribution in [0.1, 0.15) is 23.6 Å². The van der Waals surface area contributed by atoms with Crippen molar-refractivity contribution in [2.24, 2.45) is 0 Å². The summed E-state index contributed by atoms with van der Waals surface area (Å²) in [5, 5.41) is 3.02. The largest absolute Gasteiger partial charge is 0.493 e. The van der Waals surface area contributed by atoms with Gasteiger partial charge in [0.25, 0.3) is 5.91 Å². The molecule has 0 aromatic heterocycles. The van der Waals surface area contributed by atoms with Crippen LogP contribution in [0.15, 0.2) is 53.5 Å². The normalized spacial score (nSPS) is 15.3. The fourth-order valence-corrected chi connectivity index (χ4v) is 3.40. The monoisotopic (exact) mass is 431 g/mol. The highest BCUT2D eigenvalue weighted by molar-refractivity contribution is 9.10. The molecule has 1 N–H and O–H groups in total. The number of halogens is 1. The maximum absolute atomic E-state index is 12.4. The predicted octanol–water partition coefficient (Wildman–Crippen LogP) is 4.21. The number of benzene rings is 2. The molecule has 2 aromatic carbocycles. The lowest BCUT2D eigenvalue weighted by Gasteiger charge is -2.27. The van der Waals surface area contributed by atoms with E-state index in [4.69, 9.17) is 14.2 Å². The Morgan fingerprint density at radius 2 is 2.19 bits per heavy atom. The summed E-state index contributed by atoms with van der Waals surface area (Å²) in [5.41, 5.74) is 2.04. The van der Waals surface area contributed by atoms with E-state index in [-0.39, 0.29) is 18.6 Å². The fraction of sp³-hybridized carbons (Fsp3) is 0.286. The van der Waals surface area contributed by atoms with E-state index in [9.17, 15) is 4.79 Å². The van der Waals surface area contributed by atoms with Gasteiger partial charge in [-0.25, -0.2) is 0 Å². The molecule has 0 bridgehead atoms. The minimum atomic E-state index is -0.190. The highest BCUT2D eigenvalue weighted by Gasteiger charge is 2.23. The molecule has 6 heteroatoms. The van der Waals surface area contributed by atoms with Crippen molar-refractivity contribution in [1.82, 2.24) is 5.32 Å². The van der Waals surface area contributed by atoms with Crippen molar-refractivity contribution in [3.63, 3.8) is 0 Å². The maximum atomic E-state index is 12.4. The molecular weight excluding hydrogens is 410 g/mol. The van der Waals surface area contributed by atoms with E-state index < -0.39 is 0 Å². The second kappa shape index (κ2) is 8.95. The first kappa shape index (κ1) is 19.3. The second-order valence-corrected chi connectivity index (χ2v) is 7.12. The molecule has 0 radical (unpaired) electrons. The van der Waals surface area contributed by atoms with Gasteiger partial charge in [-0.3, -0.25) is 4.79 Å². The first-order valence-electron chi connectivity index (χ1n) is 8.73. The van der Waals surface area contributed by atoms with E-state index in [2.05, 4.69) is 27.8 Å². The van der Waals surface area contributed by atoms with E-state index >= 15 is 0 Å². The van der Waals surface area contributed by atoms with E-state index in [1.165, 1.54) is 0 Å². The molecule has 142 valence electrons. The first-order chi connectivity index (χ1) is 13.1. The zero-order valence-corrected chi connectivity index (χ0v) is 16.8. The van der Waals surface area contributed by atoms with Crippen molar-refractivity contribution in [2.75, 3.05) is 20.3 Å². The van der Waals surface area contributed by atoms with Crippen LogP contribution in [-0.4, -0.2) is 26.2 Å². The summed E-state index contributed by atoms with van der Waals surface area (Å²) >= 11 is 3.47. The van der Waals surface area contributed by atoms with Gasteiger partial charge >= 0.3 is 0 Å². The number of methoxy groups -OCH3 is 1. The molecule has 0 spiro atoms. The molecular formula is C21H22BrNO4. The van der Waals surface area contributed by atoms with Gasteiger partial charge in [0, 0.05) is 16.5 Å². The summed E-state index contributed by atoms with van der Waals surface area (Å²) in [6, 6.07) is 11.3. The van der Waals surface area contributed by atoms with Gasteiger partial charge in [-0.05, 0) is 42.3 Å². The molecule has 2 aromatic rings. The number of hydrogen-bond acceptors (Lipinski definition) is 4. The van der Waals surface area contributed by atoms with Crippen molar-refractivity contribution in [2.45, 2.75) is 18.9 Å². The Kier molecular flexibility index (Phi) is 6.40. The second-order valence-electron chi connectivity index (χ2n) is 6.21. The van der Waals surface area contributed by atoms with Gasteiger partial charge in [0.15, 0.2) is 18.1 Å². The van der Waals surface area contributed by atoms with Crippen LogP contribution in [0.25, 0.3) is 0 Å². The topological polar surface area (TPSA) is 56.8 Å². The van der Waals surface area contributed by atoms with Crippen LogP contribution in [0, 0.1) is 0 Å². The summed E-state index contributed by atoms with van der Waals surface area (Å²) < 4.78 is 17.6. The SMILES string of the molecule is C=CCc1ccc(OCC(=O)NC2CCOc3ccc(Br)cc32)c(OC)c1. The molecule has 1 amide bonds. The zero-order chi connectivity index (χ0) is 19.2. The van der Waals surface area contributed by atoms with E-state index in [1.54, 1.807) is 7.11 Å². The van der Waals surface area contributed by atoms with Crippen molar-refractivity contribution in [3.8, 4) is 17.2 Å². The smallest absolute Gasteiger partial charge is 0.258 e. The van der Waals surface area contributed by atoms with Crippen LogP contribution in [0.5, 0.6) is 17.2 Å². The van der Waals surface area contributed by atoms with Gasteiger partial charge in [0.05, 0.1) is 19.8 Å². The van der Waals surface area contributed by atoms with Gasteiger partial charge in [0.2, 0.25) is 0 Å². The molecule has 1 heterocycles.